The number of benzene rings is 1. The van der Waals surface area contributed by atoms with Crippen molar-refractivity contribution >= 4 is 28.1 Å². The number of carbonyl (C=O) groups excluding carboxylic acids is 1. The van der Waals surface area contributed by atoms with Gasteiger partial charge in [0.05, 0.1) is 5.69 Å². The number of anilines is 1. The van der Waals surface area contributed by atoms with Crippen molar-refractivity contribution in [3.05, 3.63) is 52.7 Å². The Labute approximate surface area is 145 Å². The van der Waals surface area contributed by atoms with Crippen molar-refractivity contribution in [1.82, 2.24) is 9.27 Å². The van der Waals surface area contributed by atoms with Gasteiger partial charge in [0.15, 0.2) is 0 Å². The molecule has 0 atom stereocenters. The minimum absolute atomic E-state index is 0.185. The van der Waals surface area contributed by atoms with E-state index in [9.17, 15) is 4.79 Å². The molecule has 1 N–H and O–H groups in total. The summed E-state index contributed by atoms with van der Waals surface area (Å²) < 4.78 is 4.12. The van der Waals surface area contributed by atoms with Crippen LogP contribution in [0, 0.1) is 25.2 Å². The summed E-state index contributed by atoms with van der Waals surface area (Å²) >= 11 is 1.15. The Morgan fingerprint density at radius 2 is 2.25 bits per heavy atom. The Bertz CT molecular complexity index is 847. The zero-order valence-electron chi connectivity index (χ0n) is 13.7. The molecule has 24 heavy (non-hydrogen) atoms. The zero-order valence-corrected chi connectivity index (χ0v) is 14.5. The summed E-state index contributed by atoms with van der Waals surface area (Å²) in [5.41, 5.74) is 4.83. The van der Waals surface area contributed by atoms with Gasteiger partial charge in [0, 0.05) is 13.1 Å². The smallest absolute Gasteiger partial charge is 0.320 e. The molecule has 1 aliphatic heterocycles. The molecule has 0 saturated heterocycles. The Morgan fingerprint density at radius 3 is 2.92 bits per heavy atom. The van der Waals surface area contributed by atoms with E-state index in [1.807, 2.05) is 0 Å². The van der Waals surface area contributed by atoms with Gasteiger partial charge in [-0.05, 0) is 42.9 Å². The summed E-state index contributed by atoms with van der Waals surface area (Å²) in [7, 11) is 0. The summed E-state index contributed by atoms with van der Waals surface area (Å²) in [6.45, 7) is 5.07. The van der Waals surface area contributed by atoms with E-state index in [0.717, 1.165) is 18.0 Å². The molecule has 2 aromatic rings. The van der Waals surface area contributed by atoms with Crippen LogP contribution in [0.4, 0.5) is 9.80 Å². The summed E-state index contributed by atoms with van der Waals surface area (Å²) in [6, 6.07) is 10.3. The fraction of sp³-hybridized carbons (Fsp3) is 0.278. The molecule has 0 spiro atoms. The Kier molecular flexibility index (Phi) is 4.63. The lowest BCUT2D eigenvalue weighted by Crippen LogP contribution is -2.37. The van der Waals surface area contributed by atoms with Crippen LogP contribution in [-0.4, -0.2) is 28.4 Å². The van der Waals surface area contributed by atoms with E-state index in [0.29, 0.717) is 29.3 Å². The molecule has 0 aliphatic carbocycles. The highest BCUT2D eigenvalue weighted by Crippen LogP contribution is 2.26. The molecule has 0 saturated carbocycles. The van der Waals surface area contributed by atoms with Crippen LogP contribution in [0.3, 0.4) is 0 Å². The molecular weight excluding hydrogens is 320 g/mol. The number of nitrogens with one attached hydrogen (secondary N) is 1. The number of hydrogen-bond donors (Lipinski definition) is 1. The van der Waals surface area contributed by atoms with Crippen LogP contribution in [-0.2, 0) is 0 Å². The second-order valence-electron chi connectivity index (χ2n) is 5.81. The maximum Gasteiger partial charge on any atom is 0.322 e. The maximum absolute atomic E-state index is 12.4. The number of rotatable bonds is 2. The first kappa shape index (κ1) is 16.2. The first-order valence-electron chi connectivity index (χ1n) is 7.77. The minimum atomic E-state index is -0.185. The Balaban J connectivity index is 1.68. The van der Waals surface area contributed by atoms with Crippen LogP contribution in [0.15, 0.2) is 30.3 Å². The predicted octanol–water partition coefficient (Wildman–Crippen LogP) is 3.95. The van der Waals surface area contributed by atoms with Gasteiger partial charge >= 0.3 is 6.03 Å². The van der Waals surface area contributed by atoms with E-state index in [1.165, 1.54) is 16.7 Å². The van der Waals surface area contributed by atoms with Crippen LogP contribution < -0.4 is 5.32 Å². The second kappa shape index (κ2) is 6.85. The Hall–Kier alpha value is -2.65. The molecule has 3 rings (SSSR count). The summed E-state index contributed by atoms with van der Waals surface area (Å²) in [6.07, 6.45) is 2.92. The minimum Gasteiger partial charge on any atom is -0.320 e. The van der Waals surface area contributed by atoms with E-state index in [1.54, 1.807) is 11.8 Å². The van der Waals surface area contributed by atoms with E-state index in [4.69, 9.17) is 5.26 Å². The molecule has 0 bridgehead atoms. The van der Waals surface area contributed by atoms with E-state index in [-0.39, 0.29) is 6.03 Å². The molecule has 2 heterocycles. The van der Waals surface area contributed by atoms with Gasteiger partial charge in [0.1, 0.15) is 16.6 Å². The number of carbonyl (C=O) groups is 1. The first-order chi connectivity index (χ1) is 11.6. The van der Waals surface area contributed by atoms with E-state index in [2.05, 4.69) is 53.0 Å². The largest absolute Gasteiger partial charge is 0.322 e. The normalized spacial score (nSPS) is 14.0. The molecule has 2 amide bonds. The van der Waals surface area contributed by atoms with Crippen molar-refractivity contribution in [2.24, 2.45) is 0 Å². The number of aromatic nitrogens is 1. The molecule has 0 radical (unpaired) electrons. The standard InChI is InChI=1S/C18H18N4OS/c1-12-4-3-5-15(10-12)14-6-8-22(9-7-14)18(23)20-17-16(11-19)13(2)21-24-17/h3-6,10H,7-9H2,1-2H3,(H,20,23). The summed E-state index contributed by atoms with van der Waals surface area (Å²) in [5.74, 6) is 0. The third kappa shape index (κ3) is 3.31. The van der Waals surface area contributed by atoms with Gasteiger partial charge < -0.3 is 4.90 Å². The molecule has 1 aromatic heterocycles. The molecule has 0 unspecified atom stereocenters. The molecule has 6 heteroatoms. The van der Waals surface area contributed by atoms with Gasteiger partial charge in [-0.15, -0.1) is 0 Å². The molecule has 5 nitrogen and oxygen atoms in total. The van der Waals surface area contributed by atoms with Crippen LogP contribution >= 0.6 is 11.5 Å². The maximum atomic E-state index is 12.4. The molecule has 1 aromatic carbocycles. The summed E-state index contributed by atoms with van der Waals surface area (Å²) in [4.78, 5) is 14.1. The van der Waals surface area contributed by atoms with Gasteiger partial charge in [-0.25, -0.2) is 4.79 Å². The van der Waals surface area contributed by atoms with Crippen molar-refractivity contribution in [3.8, 4) is 6.07 Å². The van der Waals surface area contributed by atoms with E-state index >= 15 is 0 Å². The zero-order chi connectivity index (χ0) is 17.1. The fourth-order valence-corrected chi connectivity index (χ4v) is 3.46. The molecule has 122 valence electrons. The quantitative estimate of drug-likeness (QED) is 0.901. The SMILES string of the molecule is Cc1cccc(C2=CCN(C(=O)Nc3snc(C)c3C#N)CC2)c1. The van der Waals surface area contributed by atoms with Gasteiger partial charge in [-0.3, -0.25) is 5.32 Å². The van der Waals surface area contributed by atoms with Crippen molar-refractivity contribution in [2.75, 3.05) is 18.4 Å². The van der Waals surface area contributed by atoms with Gasteiger partial charge in [0.25, 0.3) is 0 Å². The third-order valence-electron chi connectivity index (χ3n) is 4.08. The van der Waals surface area contributed by atoms with Crippen molar-refractivity contribution in [1.29, 1.82) is 5.26 Å². The monoisotopic (exact) mass is 338 g/mol. The summed E-state index contributed by atoms with van der Waals surface area (Å²) in [5, 5.41) is 12.5. The van der Waals surface area contributed by atoms with E-state index < -0.39 is 0 Å². The van der Waals surface area contributed by atoms with Crippen molar-refractivity contribution < 1.29 is 4.79 Å². The predicted molar refractivity (Wildman–Crippen MR) is 95.9 cm³/mol. The van der Waals surface area contributed by atoms with Crippen LogP contribution in [0.2, 0.25) is 0 Å². The van der Waals surface area contributed by atoms with Gasteiger partial charge in [0.2, 0.25) is 0 Å². The number of nitrogens with zero attached hydrogens (tertiary/aromatic N) is 3. The van der Waals surface area contributed by atoms with Crippen LogP contribution in [0.5, 0.6) is 0 Å². The highest BCUT2D eigenvalue weighted by molar-refractivity contribution is 7.10. The van der Waals surface area contributed by atoms with Gasteiger partial charge in [-0.1, -0.05) is 35.9 Å². The molecular formula is C18H18N4OS. The van der Waals surface area contributed by atoms with Crippen molar-refractivity contribution in [3.63, 3.8) is 0 Å². The average Bonchev–Trinajstić information content (AvgIpc) is 2.94. The third-order valence-corrected chi connectivity index (χ3v) is 4.93. The molecule has 1 aliphatic rings. The lowest BCUT2D eigenvalue weighted by atomic mass is 9.98. The van der Waals surface area contributed by atoms with Crippen LogP contribution in [0.25, 0.3) is 5.57 Å². The lowest BCUT2D eigenvalue weighted by Gasteiger charge is -2.26. The highest BCUT2D eigenvalue weighted by atomic mass is 32.1. The Morgan fingerprint density at radius 1 is 1.42 bits per heavy atom. The van der Waals surface area contributed by atoms with Crippen LogP contribution in [0.1, 0.15) is 28.8 Å². The highest BCUT2D eigenvalue weighted by Gasteiger charge is 2.20. The number of aryl methyl sites for hydroxylation is 2. The number of hydrogen-bond acceptors (Lipinski definition) is 4. The average molecular weight is 338 g/mol. The first-order valence-corrected chi connectivity index (χ1v) is 8.54. The fourth-order valence-electron chi connectivity index (χ4n) is 2.72. The topological polar surface area (TPSA) is 69.0 Å². The number of amides is 2. The number of urea groups is 1. The van der Waals surface area contributed by atoms with Gasteiger partial charge in [-0.2, -0.15) is 9.64 Å². The number of nitriles is 1. The second-order valence-corrected chi connectivity index (χ2v) is 6.58. The van der Waals surface area contributed by atoms with Crippen molar-refractivity contribution in [2.45, 2.75) is 20.3 Å². The molecule has 0 fully saturated rings. The lowest BCUT2D eigenvalue weighted by molar-refractivity contribution is 0.217.